The van der Waals surface area contributed by atoms with E-state index in [1.54, 1.807) is 0 Å². The van der Waals surface area contributed by atoms with Gasteiger partial charge in [-0.25, -0.2) is 0 Å². The number of carbonyl (C=O) groups is 1. The number of rotatable bonds is 4. The van der Waals surface area contributed by atoms with Crippen LogP contribution in [0.15, 0.2) is 0 Å². The number of carbonyl (C=O) groups excluding carboxylic acids is 1. The van der Waals surface area contributed by atoms with Crippen LogP contribution in [-0.2, 0) is 4.79 Å². The highest BCUT2D eigenvalue weighted by Gasteiger charge is 2.35. The molecule has 1 atom stereocenters. The van der Waals surface area contributed by atoms with Crippen molar-refractivity contribution < 1.29 is 4.79 Å². The second-order valence-corrected chi connectivity index (χ2v) is 6.09. The lowest BCUT2D eigenvalue weighted by Gasteiger charge is -2.37. The Bertz CT molecular complexity index is 281. The average Bonchev–Trinajstić information content (AvgIpc) is 2.92. The number of nitrogens with two attached hydrogens (primary N) is 1. The molecule has 1 saturated heterocycles. The van der Waals surface area contributed by atoms with Gasteiger partial charge in [-0.05, 0) is 37.8 Å². The van der Waals surface area contributed by atoms with Crippen molar-refractivity contribution in [1.82, 2.24) is 10.2 Å². The summed E-state index contributed by atoms with van der Waals surface area (Å²) in [5.74, 6) is 0.288. The number of hydrogen-bond acceptors (Lipinski definition) is 3. The van der Waals surface area contributed by atoms with Gasteiger partial charge in [0.15, 0.2) is 0 Å². The first-order valence-electron chi connectivity index (χ1n) is 7.33. The van der Waals surface area contributed by atoms with Crippen LogP contribution in [0.4, 0.5) is 0 Å². The second kappa shape index (κ2) is 6.02. The van der Waals surface area contributed by atoms with Crippen LogP contribution < -0.4 is 11.1 Å². The average molecular weight is 253 g/mol. The van der Waals surface area contributed by atoms with Crippen molar-refractivity contribution in [3.05, 3.63) is 0 Å². The van der Waals surface area contributed by atoms with Gasteiger partial charge < -0.3 is 16.0 Å². The summed E-state index contributed by atoms with van der Waals surface area (Å²) in [5, 5.41) is 3.32. The van der Waals surface area contributed by atoms with Crippen LogP contribution in [0.5, 0.6) is 0 Å². The molecule has 0 aromatic rings. The quantitative estimate of drug-likeness (QED) is 0.789. The van der Waals surface area contributed by atoms with Crippen molar-refractivity contribution in [2.45, 2.75) is 51.0 Å². The summed E-state index contributed by atoms with van der Waals surface area (Å²) in [6.07, 6.45) is 7.77. The smallest absolute Gasteiger partial charge is 0.223 e. The molecule has 1 heterocycles. The van der Waals surface area contributed by atoms with E-state index in [1.165, 1.54) is 19.3 Å². The second-order valence-electron chi connectivity index (χ2n) is 6.09. The standard InChI is InChI=1S/C14H27N3O/c1-17(12-5-8-16-10-12)13(18)9-14(11-15)6-3-2-4-7-14/h12,16H,2-11,15H2,1H3. The van der Waals surface area contributed by atoms with Crippen molar-refractivity contribution in [3.8, 4) is 0 Å². The fourth-order valence-corrected chi connectivity index (χ4v) is 3.37. The van der Waals surface area contributed by atoms with E-state index in [2.05, 4.69) is 5.32 Å². The molecule has 1 unspecified atom stereocenters. The molecule has 2 rings (SSSR count). The Morgan fingerprint density at radius 2 is 2.11 bits per heavy atom. The highest BCUT2D eigenvalue weighted by atomic mass is 16.2. The fourth-order valence-electron chi connectivity index (χ4n) is 3.37. The van der Waals surface area contributed by atoms with Gasteiger partial charge in [-0.3, -0.25) is 4.79 Å². The Balaban J connectivity index is 1.91. The number of amides is 1. The lowest BCUT2D eigenvalue weighted by Crippen LogP contribution is -2.43. The molecule has 4 heteroatoms. The molecule has 1 saturated carbocycles. The molecule has 0 spiro atoms. The Labute approximate surface area is 110 Å². The third-order valence-electron chi connectivity index (χ3n) is 4.85. The van der Waals surface area contributed by atoms with Gasteiger partial charge in [-0.1, -0.05) is 19.3 Å². The minimum atomic E-state index is 0.0929. The van der Waals surface area contributed by atoms with Crippen LogP contribution in [0.25, 0.3) is 0 Å². The normalized spacial score (nSPS) is 27.1. The molecule has 1 amide bonds. The minimum Gasteiger partial charge on any atom is -0.341 e. The number of nitrogens with zero attached hydrogens (tertiary/aromatic N) is 1. The molecular formula is C14H27N3O. The lowest BCUT2D eigenvalue weighted by atomic mass is 9.71. The summed E-state index contributed by atoms with van der Waals surface area (Å²) in [6, 6.07) is 0.385. The van der Waals surface area contributed by atoms with Crippen molar-refractivity contribution in [1.29, 1.82) is 0 Å². The molecule has 0 aromatic carbocycles. The van der Waals surface area contributed by atoms with E-state index in [0.29, 0.717) is 19.0 Å². The molecule has 18 heavy (non-hydrogen) atoms. The van der Waals surface area contributed by atoms with Crippen LogP contribution in [-0.4, -0.2) is 43.5 Å². The predicted molar refractivity (Wildman–Crippen MR) is 73.2 cm³/mol. The summed E-state index contributed by atoms with van der Waals surface area (Å²) in [6.45, 7) is 2.64. The van der Waals surface area contributed by atoms with E-state index in [9.17, 15) is 4.79 Å². The summed E-state index contributed by atoms with van der Waals surface area (Å²) < 4.78 is 0. The van der Waals surface area contributed by atoms with Gasteiger partial charge in [-0.15, -0.1) is 0 Å². The van der Waals surface area contributed by atoms with E-state index in [0.717, 1.165) is 32.4 Å². The van der Waals surface area contributed by atoms with Crippen molar-refractivity contribution in [3.63, 3.8) is 0 Å². The molecule has 1 aliphatic heterocycles. The molecule has 1 aliphatic carbocycles. The van der Waals surface area contributed by atoms with E-state index < -0.39 is 0 Å². The van der Waals surface area contributed by atoms with Crippen LogP contribution in [0, 0.1) is 5.41 Å². The maximum absolute atomic E-state index is 12.4. The first kappa shape index (κ1) is 13.8. The van der Waals surface area contributed by atoms with Crippen LogP contribution in [0.3, 0.4) is 0 Å². The Morgan fingerprint density at radius 1 is 1.39 bits per heavy atom. The maximum atomic E-state index is 12.4. The Kier molecular flexibility index (Phi) is 4.62. The van der Waals surface area contributed by atoms with E-state index in [1.807, 2.05) is 11.9 Å². The molecule has 0 radical (unpaired) electrons. The minimum absolute atomic E-state index is 0.0929. The van der Waals surface area contributed by atoms with Gasteiger partial charge in [0.05, 0.1) is 0 Å². The molecule has 0 aromatic heterocycles. The first-order valence-corrected chi connectivity index (χ1v) is 7.33. The van der Waals surface area contributed by atoms with E-state index >= 15 is 0 Å². The molecule has 0 bridgehead atoms. The zero-order valence-corrected chi connectivity index (χ0v) is 11.6. The van der Waals surface area contributed by atoms with Gasteiger partial charge in [0, 0.05) is 26.1 Å². The van der Waals surface area contributed by atoms with Crippen LogP contribution in [0.1, 0.15) is 44.9 Å². The van der Waals surface area contributed by atoms with Crippen molar-refractivity contribution >= 4 is 5.91 Å². The molecule has 3 N–H and O–H groups in total. The summed E-state index contributed by atoms with van der Waals surface area (Å²) in [7, 11) is 1.95. The Hall–Kier alpha value is -0.610. The number of nitrogens with one attached hydrogen (secondary N) is 1. The lowest BCUT2D eigenvalue weighted by molar-refractivity contribution is -0.134. The van der Waals surface area contributed by atoms with E-state index in [-0.39, 0.29) is 11.3 Å². The number of likely N-dealkylation sites (N-methyl/N-ethyl adjacent to an activating group) is 1. The van der Waals surface area contributed by atoms with Gasteiger partial charge >= 0.3 is 0 Å². The highest BCUT2D eigenvalue weighted by molar-refractivity contribution is 5.77. The van der Waals surface area contributed by atoms with Gasteiger partial charge in [0.25, 0.3) is 0 Å². The topological polar surface area (TPSA) is 58.4 Å². The third-order valence-corrected chi connectivity index (χ3v) is 4.85. The first-order chi connectivity index (χ1) is 8.67. The summed E-state index contributed by atoms with van der Waals surface area (Å²) in [4.78, 5) is 14.4. The third kappa shape index (κ3) is 3.04. The molecule has 2 aliphatic rings. The van der Waals surface area contributed by atoms with Crippen molar-refractivity contribution in [2.24, 2.45) is 11.1 Å². The molecular weight excluding hydrogens is 226 g/mol. The highest BCUT2D eigenvalue weighted by Crippen LogP contribution is 2.38. The van der Waals surface area contributed by atoms with Crippen LogP contribution in [0.2, 0.25) is 0 Å². The van der Waals surface area contributed by atoms with Crippen LogP contribution >= 0.6 is 0 Å². The zero-order chi connectivity index (χ0) is 13.0. The molecule has 2 fully saturated rings. The van der Waals surface area contributed by atoms with E-state index in [4.69, 9.17) is 5.73 Å². The van der Waals surface area contributed by atoms with Gasteiger partial charge in [0.1, 0.15) is 0 Å². The molecule has 104 valence electrons. The Morgan fingerprint density at radius 3 is 2.67 bits per heavy atom. The fraction of sp³-hybridized carbons (Fsp3) is 0.929. The zero-order valence-electron chi connectivity index (χ0n) is 11.6. The van der Waals surface area contributed by atoms with Gasteiger partial charge in [-0.2, -0.15) is 0 Å². The largest absolute Gasteiger partial charge is 0.341 e. The summed E-state index contributed by atoms with van der Waals surface area (Å²) in [5.41, 5.74) is 6.05. The summed E-state index contributed by atoms with van der Waals surface area (Å²) >= 11 is 0. The molecule has 4 nitrogen and oxygen atoms in total. The SMILES string of the molecule is CN(C(=O)CC1(CN)CCCCC1)C1CCNC1. The maximum Gasteiger partial charge on any atom is 0.223 e. The van der Waals surface area contributed by atoms with Crippen molar-refractivity contribution in [2.75, 3.05) is 26.7 Å². The predicted octanol–water partition coefficient (Wildman–Crippen LogP) is 1.11. The van der Waals surface area contributed by atoms with Gasteiger partial charge in [0.2, 0.25) is 5.91 Å². The number of hydrogen-bond donors (Lipinski definition) is 2. The monoisotopic (exact) mass is 253 g/mol.